The monoisotopic (exact) mass is 204 g/mol. The Kier molecular flexibility index (Phi) is 6.32. The lowest BCUT2D eigenvalue weighted by Gasteiger charge is -2.13. The first kappa shape index (κ1) is 12.9. The highest BCUT2D eigenvalue weighted by atomic mass is 31.2. The topological polar surface area (TPSA) is 34.1 Å². The van der Waals surface area contributed by atoms with Crippen molar-refractivity contribution in [1.29, 1.82) is 0 Å². The third-order valence-electron chi connectivity index (χ3n) is 2.32. The predicted molar refractivity (Wildman–Crippen MR) is 57.8 cm³/mol. The van der Waals surface area contributed by atoms with Gasteiger partial charge in [0.05, 0.1) is 0 Å². The maximum absolute atomic E-state index is 12.1. The number of hydrogen-bond donors (Lipinski definition) is 0. The summed E-state index contributed by atoms with van der Waals surface area (Å²) in [5.74, 6) is 0. The van der Waals surface area contributed by atoms with Crippen molar-refractivity contribution >= 4 is 12.7 Å². The Morgan fingerprint density at radius 1 is 1.08 bits per heavy atom. The summed E-state index contributed by atoms with van der Waals surface area (Å²) in [5, 5.41) is 0. The highest BCUT2D eigenvalue weighted by Crippen LogP contribution is 2.47. The molecule has 13 heavy (non-hydrogen) atoms. The fourth-order valence-corrected chi connectivity index (χ4v) is 3.76. The first-order chi connectivity index (χ1) is 6.06. The number of carbonyl (C=O) groups excluding carboxylic acids is 1. The molecule has 0 N–H and O–H groups in total. The van der Waals surface area contributed by atoms with Crippen LogP contribution in [0.4, 0.5) is 0 Å². The second-order valence-electron chi connectivity index (χ2n) is 3.56. The Morgan fingerprint density at radius 3 is 1.69 bits per heavy atom. The molecule has 0 aliphatic heterocycles. The van der Waals surface area contributed by atoms with E-state index >= 15 is 0 Å². The standard InChI is InChI=1S/C10H21O2P/c1-4-6-8-13(12,10(3)11)9-7-5-2/h4-9H2,1-3H3. The zero-order valence-electron chi connectivity index (χ0n) is 9.01. The minimum Gasteiger partial charge on any atom is -0.316 e. The number of carbonyl (C=O) groups is 1. The summed E-state index contributed by atoms with van der Waals surface area (Å²) >= 11 is 0. The predicted octanol–water partition coefficient (Wildman–Crippen LogP) is 3.50. The molecule has 0 fully saturated rings. The summed E-state index contributed by atoms with van der Waals surface area (Å²) in [6.07, 6.45) is 5.12. The van der Waals surface area contributed by atoms with Crippen molar-refractivity contribution in [3.05, 3.63) is 0 Å². The average molecular weight is 204 g/mol. The molecule has 0 heterocycles. The number of unbranched alkanes of at least 4 members (excludes halogenated alkanes) is 2. The maximum atomic E-state index is 12.1. The van der Waals surface area contributed by atoms with Gasteiger partial charge in [-0.2, -0.15) is 0 Å². The molecule has 2 nitrogen and oxygen atoms in total. The van der Waals surface area contributed by atoms with Crippen molar-refractivity contribution in [2.24, 2.45) is 0 Å². The Morgan fingerprint density at radius 2 is 1.46 bits per heavy atom. The zero-order chi connectivity index (χ0) is 10.3. The molecule has 0 atom stereocenters. The van der Waals surface area contributed by atoms with E-state index in [2.05, 4.69) is 13.8 Å². The number of hydrogen-bond acceptors (Lipinski definition) is 2. The van der Waals surface area contributed by atoms with Crippen LogP contribution in [0, 0.1) is 0 Å². The number of rotatable bonds is 7. The Bertz CT molecular complexity index is 187. The quantitative estimate of drug-likeness (QED) is 0.595. The molecule has 3 heteroatoms. The molecule has 0 aliphatic carbocycles. The molecule has 0 aromatic rings. The Labute approximate surface area is 81.5 Å². The van der Waals surface area contributed by atoms with Gasteiger partial charge in [0.1, 0.15) is 7.14 Å². The molecule has 0 aliphatic rings. The zero-order valence-corrected chi connectivity index (χ0v) is 9.90. The van der Waals surface area contributed by atoms with Crippen LogP contribution in [0.2, 0.25) is 0 Å². The van der Waals surface area contributed by atoms with Gasteiger partial charge in [0.25, 0.3) is 0 Å². The van der Waals surface area contributed by atoms with E-state index in [-0.39, 0.29) is 5.52 Å². The molecular formula is C10H21O2P. The smallest absolute Gasteiger partial charge is 0.188 e. The fraction of sp³-hybridized carbons (Fsp3) is 0.900. The molecule has 0 saturated carbocycles. The van der Waals surface area contributed by atoms with Gasteiger partial charge < -0.3 is 4.57 Å². The van der Waals surface area contributed by atoms with Crippen molar-refractivity contribution in [1.82, 2.24) is 0 Å². The van der Waals surface area contributed by atoms with E-state index in [0.29, 0.717) is 12.3 Å². The second kappa shape index (κ2) is 6.37. The molecule has 0 radical (unpaired) electrons. The molecule has 0 saturated heterocycles. The van der Waals surface area contributed by atoms with Gasteiger partial charge in [0.2, 0.25) is 0 Å². The van der Waals surface area contributed by atoms with E-state index in [1.807, 2.05) is 0 Å². The lowest BCUT2D eigenvalue weighted by Crippen LogP contribution is -2.03. The highest BCUT2D eigenvalue weighted by molar-refractivity contribution is 7.80. The first-order valence-electron chi connectivity index (χ1n) is 5.16. The van der Waals surface area contributed by atoms with Gasteiger partial charge in [-0.15, -0.1) is 0 Å². The summed E-state index contributed by atoms with van der Waals surface area (Å²) in [7, 11) is -2.46. The van der Waals surface area contributed by atoms with Gasteiger partial charge in [-0.25, -0.2) is 0 Å². The van der Waals surface area contributed by atoms with Gasteiger partial charge in [-0.05, 0) is 12.8 Å². The lowest BCUT2D eigenvalue weighted by atomic mass is 10.4. The summed E-state index contributed by atoms with van der Waals surface area (Å²) in [6.45, 7) is 5.60. The minimum atomic E-state index is -2.46. The molecule has 0 amide bonds. The van der Waals surface area contributed by atoms with Gasteiger partial charge in [-0.3, -0.25) is 4.79 Å². The summed E-state index contributed by atoms with van der Waals surface area (Å²) in [6, 6.07) is 0. The second-order valence-corrected chi connectivity index (χ2v) is 6.87. The summed E-state index contributed by atoms with van der Waals surface area (Å²) < 4.78 is 12.1. The third kappa shape index (κ3) is 4.61. The van der Waals surface area contributed by atoms with Crippen LogP contribution in [0.5, 0.6) is 0 Å². The van der Waals surface area contributed by atoms with E-state index in [0.717, 1.165) is 25.7 Å². The minimum absolute atomic E-state index is 0.0746. The van der Waals surface area contributed by atoms with Gasteiger partial charge in [0.15, 0.2) is 5.52 Å². The van der Waals surface area contributed by atoms with Crippen LogP contribution in [0.15, 0.2) is 0 Å². The summed E-state index contributed by atoms with van der Waals surface area (Å²) in [5.41, 5.74) is -0.0746. The van der Waals surface area contributed by atoms with Crippen LogP contribution < -0.4 is 0 Å². The van der Waals surface area contributed by atoms with Crippen molar-refractivity contribution in [2.45, 2.75) is 46.5 Å². The summed E-state index contributed by atoms with van der Waals surface area (Å²) in [4.78, 5) is 11.2. The van der Waals surface area contributed by atoms with E-state index in [4.69, 9.17) is 0 Å². The lowest BCUT2D eigenvalue weighted by molar-refractivity contribution is -0.110. The first-order valence-corrected chi connectivity index (χ1v) is 7.23. The van der Waals surface area contributed by atoms with E-state index in [1.165, 1.54) is 6.92 Å². The van der Waals surface area contributed by atoms with Gasteiger partial charge >= 0.3 is 0 Å². The molecule has 78 valence electrons. The van der Waals surface area contributed by atoms with Crippen LogP contribution in [0.3, 0.4) is 0 Å². The fourth-order valence-electron chi connectivity index (χ4n) is 1.25. The third-order valence-corrected chi connectivity index (χ3v) is 5.54. The van der Waals surface area contributed by atoms with Crippen LogP contribution in [-0.4, -0.2) is 17.8 Å². The molecule has 0 aromatic heterocycles. The van der Waals surface area contributed by atoms with Crippen LogP contribution in [0.1, 0.15) is 46.5 Å². The van der Waals surface area contributed by atoms with Crippen LogP contribution in [0.25, 0.3) is 0 Å². The molecule has 0 rings (SSSR count). The van der Waals surface area contributed by atoms with E-state index < -0.39 is 7.14 Å². The molecule has 0 spiro atoms. The maximum Gasteiger partial charge on any atom is 0.188 e. The van der Waals surface area contributed by atoms with Gasteiger partial charge in [-0.1, -0.05) is 26.7 Å². The van der Waals surface area contributed by atoms with Crippen molar-refractivity contribution in [3.8, 4) is 0 Å². The van der Waals surface area contributed by atoms with Crippen LogP contribution in [-0.2, 0) is 9.36 Å². The highest BCUT2D eigenvalue weighted by Gasteiger charge is 2.25. The van der Waals surface area contributed by atoms with E-state index in [9.17, 15) is 9.36 Å². The Hall–Kier alpha value is -0.100. The molecule has 0 aromatic carbocycles. The van der Waals surface area contributed by atoms with Gasteiger partial charge in [0, 0.05) is 19.2 Å². The normalized spacial score (nSPS) is 11.6. The van der Waals surface area contributed by atoms with Crippen LogP contribution >= 0.6 is 7.14 Å². The molecule has 0 bridgehead atoms. The molecular weight excluding hydrogens is 183 g/mol. The van der Waals surface area contributed by atoms with Crippen molar-refractivity contribution in [3.63, 3.8) is 0 Å². The van der Waals surface area contributed by atoms with E-state index in [1.54, 1.807) is 0 Å². The van der Waals surface area contributed by atoms with Crippen molar-refractivity contribution < 1.29 is 9.36 Å². The largest absolute Gasteiger partial charge is 0.316 e. The molecule has 0 unspecified atom stereocenters. The Balaban J connectivity index is 4.18. The SMILES string of the molecule is CCCCP(=O)(CCCC)C(C)=O. The van der Waals surface area contributed by atoms with Crippen molar-refractivity contribution in [2.75, 3.05) is 12.3 Å². The average Bonchev–Trinajstić information content (AvgIpc) is 2.11.